The van der Waals surface area contributed by atoms with Crippen LogP contribution in [0.5, 0.6) is 0 Å². The number of amides is 3. The summed E-state index contributed by atoms with van der Waals surface area (Å²) in [5, 5.41) is 19.2. The number of allylic oxidation sites excluding steroid dienone is 4. The molecule has 1 unspecified atom stereocenters. The van der Waals surface area contributed by atoms with E-state index in [0.717, 1.165) is 15.7 Å². The first-order valence-corrected chi connectivity index (χ1v) is 25.3. The van der Waals surface area contributed by atoms with Crippen LogP contribution in [0.2, 0.25) is 0 Å². The lowest BCUT2D eigenvalue weighted by atomic mass is 9.48. The molecule has 3 N–H and O–H groups in total. The summed E-state index contributed by atoms with van der Waals surface area (Å²) in [6.07, 6.45) is 4.39. The Morgan fingerprint density at radius 3 is 2.28 bits per heavy atom. The molecule has 4 fully saturated rings. The van der Waals surface area contributed by atoms with Crippen molar-refractivity contribution < 1.29 is 71.5 Å². The largest absolute Gasteiger partial charge is 0.459 e. The molecule has 3 aromatic rings. The Balaban J connectivity index is 0.910. The Morgan fingerprint density at radius 2 is 1.59 bits per heavy atom. The maximum absolute atomic E-state index is 17.8. The number of hydrogen-bond donors (Lipinski definition) is 3. The number of nitrogens with zero attached hydrogens (tertiary/aromatic N) is 2. The van der Waals surface area contributed by atoms with Crippen LogP contribution in [-0.2, 0) is 59.0 Å². The monoisotopic (exact) mass is 1040 g/mol. The number of aliphatic hydroxyl groups is 1. The van der Waals surface area contributed by atoms with Gasteiger partial charge in [-0.05, 0) is 141 Å². The average Bonchev–Trinajstić information content (AvgIpc) is 3.77. The number of carbonyl (C=O) groups excluding carboxylic acids is 7. The predicted octanol–water partition coefficient (Wildman–Crippen LogP) is 7.36. The standard InChI is InChI=1S/C56H67FN4O14/c1-51(2,3)73-49(68)59-27-40(48(67)60-37-16-14-35-26-58-21-19-34(35)22-37)33-12-10-32(11-13-33)30-70-46(65)28-61(50(69)74-52(4,5)6)29-47(66)71-31-44(64)55-42-25-43(63)56(57)41(39(42)24-45(55)72-53(7,8)75-55)17-15-36-23-38(62)18-20-54(36,56)9/h10-14,16,18-23,26,39-43,45,63H,15,17,24-25,27-31H2,1-9H3,(H,59,68)(H,60,67)/t39-,40+,41-,42?,43-,45+,54-,55+,56-/m0/s1. The summed E-state index contributed by atoms with van der Waals surface area (Å²) in [7, 11) is 0. The van der Waals surface area contributed by atoms with E-state index in [1.807, 2.05) is 18.2 Å². The number of hydrogen-bond acceptors (Lipinski definition) is 15. The van der Waals surface area contributed by atoms with Gasteiger partial charge in [0.1, 0.15) is 30.9 Å². The van der Waals surface area contributed by atoms with Gasteiger partial charge in [-0.25, -0.2) is 14.0 Å². The van der Waals surface area contributed by atoms with Crippen molar-refractivity contribution in [2.45, 2.75) is 141 Å². The summed E-state index contributed by atoms with van der Waals surface area (Å²) in [5.41, 5.74) is -4.73. The molecule has 1 saturated heterocycles. The number of aliphatic hydroxyl groups excluding tert-OH is 1. The van der Waals surface area contributed by atoms with Gasteiger partial charge in [-0.3, -0.25) is 33.9 Å². The van der Waals surface area contributed by atoms with Gasteiger partial charge >= 0.3 is 24.1 Å². The molecular weight excluding hydrogens is 972 g/mol. The van der Waals surface area contributed by atoms with Crippen molar-refractivity contribution in [3.63, 3.8) is 0 Å². The number of nitrogens with one attached hydrogen (secondary N) is 2. The third kappa shape index (κ3) is 11.4. The number of alkyl carbamates (subject to hydrolysis) is 1. The van der Waals surface area contributed by atoms with Crippen LogP contribution in [0.3, 0.4) is 0 Å². The minimum Gasteiger partial charge on any atom is -0.459 e. The number of anilines is 1. The molecule has 0 spiro atoms. The average molecular weight is 1040 g/mol. The van der Waals surface area contributed by atoms with Crippen molar-refractivity contribution in [2.75, 3.05) is 31.6 Å². The molecule has 18 nitrogen and oxygen atoms in total. The lowest BCUT2D eigenvalue weighted by Gasteiger charge is -2.59. The summed E-state index contributed by atoms with van der Waals surface area (Å²) >= 11 is 0. The summed E-state index contributed by atoms with van der Waals surface area (Å²) in [4.78, 5) is 98.7. The Morgan fingerprint density at radius 1 is 0.893 bits per heavy atom. The minimum atomic E-state index is -2.15. The zero-order chi connectivity index (χ0) is 54.5. The molecule has 3 amide bonds. The van der Waals surface area contributed by atoms with E-state index in [9.17, 15) is 38.7 Å². The molecule has 9 atom stereocenters. The van der Waals surface area contributed by atoms with Crippen LogP contribution in [0.25, 0.3) is 10.8 Å². The number of halogens is 1. The first-order valence-electron chi connectivity index (χ1n) is 25.3. The number of aromatic nitrogens is 1. The quantitative estimate of drug-likeness (QED) is 0.106. The van der Waals surface area contributed by atoms with Crippen molar-refractivity contribution in [3.05, 3.63) is 95.9 Å². The molecule has 4 aliphatic carbocycles. The van der Waals surface area contributed by atoms with Crippen molar-refractivity contribution in [1.29, 1.82) is 0 Å². The van der Waals surface area contributed by atoms with Crippen LogP contribution in [0, 0.1) is 23.2 Å². The van der Waals surface area contributed by atoms with E-state index in [2.05, 4.69) is 15.6 Å². The predicted molar refractivity (Wildman–Crippen MR) is 269 cm³/mol. The third-order valence-electron chi connectivity index (χ3n) is 14.9. The van der Waals surface area contributed by atoms with Crippen LogP contribution in [0.1, 0.15) is 105 Å². The maximum Gasteiger partial charge on any atom is 0.411 e. The first-order chi connectivity index (χ1) is 35.1. The SMILES string of the molecule is CC(C)(C)OC(=O)NC[C@@H](C(=O)Nc1ccc2cnccc2c1)c1ccc(COC(=O)CN(CC(=O)OCC(=O)[C@@]23OC(C)(C)O[C@@H]2C[C@@H]2C3C[C@H](O)[C@@]3(F)[C@H]2CCC2=CC(=O)C=C[C@@]23C)C(=O)OC(C)(C)C)cc1. The summed E-state index contributed by atoms with van der Waals surface area (Å²) in [6.45, 7) is 12.2. The highest BCUT2D eigenvalue weighted by molar-refractivity contribution is 6.01. The van der Waals surface area contributed by atoms with Gasteiger partial charge in [0.2, 0.25) is 11.7 Å². The van der Waals surface area contributed by atoms with Gasteiger partial charge in [-0.2, -0.15) is 0 Å². The summed E-state index contributed by atoms with van der Waals surface area (Å²) < 4.78 is 52.5. The van der Waals surface area contributed by atoms with Crippen molar-refractivity contribution in [1.82, 2.24) is 15.2 Å². The molecule has 19 heteroatoms. The second-order valence-corrected chi connectivity index (χ2v) is 22.9. The third-order valence-corrected chi connectivity index (χ3v) is 14.9. The van der Waals surface area contributed by atoms with Crippen molar-refractivity contribution >= 4 is 58.1 Å². The van der Waals surface area contributed by atoms with Crippen LogP contribution in [0.15, 0.2) is 84.7 Å². The van der Waals surface area contributed by atoms with Gasteiger partial charge in [0.25, 0.3) is 0 Å². The van der Waals surface area contributed by atoms with E-state index in [-0.39, 0.29) is 31.8 Å². The van der Waals surface area contributed by atoms with Gasteiger partial charge in [0, 0.05) is 47.3 Å². The van der Waals surface area contributed by atoms with Gasteiger partial charge in [-0.1, -0.05) is 42.0 Å². The minimum absolute atomic E-state index is 0.111. The molecule has 2 heterocycles. The number of esters is 2. The maximum atomic E-state index is 17.8. The summed E-state index contributed by atoms with van der Waals surface area (Å²) in [5.74, 6) is -7.30. The molecule has 1 aliphatic heterocycles. The Kier molecular flexibility index (Phi) is 15.0. The van der Waals surface area contributed by atoms with Crippen LogP contribution in [-0.4, -0.2) is 123 Å². The van der Waals surface area contributed by atoms with Gasteiger partial charge < -0.3 is 44.2 Å². The number of carbonyl (C=O) groups is 7. The Bertz CT molecular complexity index is 2820. The zero-order valence-electron chi connectivity index (χ0n) is 43.9. The van der Waals surface area contributed by atoms with E-state index in [1.165, 1.54) is 12.2 Å². The van der Waals surface area contributed by atoms with Gasteiger partial charge in [0.05, 0.1) is 18.1 Å². The highest BCUT2D eigenvalue weighted by Gasteiger charge is 2.75. The van der Waals surface area contributed by atoms with Gasteiger partial charge in [-0.15, -0.1) is 0 Å². The van der Waals surface area contributed by atoms with Crippen LogP contribution < -0.4 is 10.6 Å². The highest BCUT2D eigenvalue weighted by atomic mass is 19.1. The molecule has 2 aromatic carbocycles. The molecule has 8 rings (SSSR count). The van der Waals surface area contributed by atoms with Gasteiger partial charge in [0.15, 0.2) is 29.4 Å². The number of fused-ring (bicyclic) bond motifs is 8. The zero-order valence-corrected chi connectivity index (χ0v) is 43.9. The number of alkyl halides is 1. The second-order valence-electron chi connectivity index (χ2n) is 22.9. The Labute approximate surface area is 435 Å². The van der Waals surface area contributed by atoms with Crippen molar-refractivity contribution in [3.8, 4) is 0 Å². The molecular formula is C56H67FN4O14. The molecule has 75 heavy (non-hydrogen) atoms. The number of rotatable bonds is 14. The van der Waals surface area contributed by atoms with Crippen LogP contribution in [0.4, 0.5) is 19.7 Å². The fraction of sp³-hybridized carbons (Fsp3) is 0.536. The van der Waals surface area contributed by atoms with E-state index in [1.54, 1.807) is 111 Å². The number of ketones is 2. The molecule has 402 valence electrons. The lowest BCUT2D eigenvalue weighted by molar-refractivity contribution is -0.221. The molecule has 3 saturated carbocycles. The Hall–Kier alpha value is -6.57. The van der Waals surface area contributed by atoms with E-state index in [4.69, 9.17) is 28.4 Å². The normalized spacial score (nSPS) is 27.8. The van der Waals surface area contributed by atoms with Crippen LogP contribution >= 0.6 is 0 Å². The number of benzene rings is 2. The topological polar surface area (TPSA) is 235 Å². The highest BCUT2D eigenvalue weighted by Crippen LogP contribution is 2.68. The lowest BCUT2D eigenvalue weighted by Crippen LogP contribution is -2.66. The molecule has 0 bridgehead atoms. The number of Topliss-reactive ketones (excluding diaryl/α,β-unsaturated/α-hetero) is 1. The van der Waals surface area contributed by atoms with E-state index >= 15 is 4.39 Å². The fourth-order valence-electron chi connectivity index (χ4n) is 11.7. The smallest absolute Gasteiger partial charge is 0.411 e. The number of ether oxygens (including phenoxy) is 6. The molecule has 5 aliphatic rings. The molecule has 1 aromatic heterocycles. The number of pyridine rings is 1. The van der Waals surface area contributed by atoms with E-state index in [0.29, 0.717) is 35.2 Å². The second kappa shape index (κ2) is 20.5. The first kappa shape index (κ1) is 54.7. The molecule has 0 radical (unpaired) electrons. The summed E-state index contributed by atoms with van der Waals surface area (Å²) in [6, 6.07) is 13.8. The van der Waals surface area contributed by atoms with Crippen molar-refractivity contribution in [2.24, 2.45) is 23.2 Å². The fourth-order valence-corrected chi connectivity index (χ4v) is 11.7. The van der Waals surface area contributed by atoms with E-state index < -0.39 is 125 Å².